The van der Waals surface area contributed by atoms with Crippen LogP contribution in [0.25, 0.3) is 0 Å². The van der Waals surface area contributed by atoms with Crippen molar-refractivity contribution < 1.29 is 14.7 Å². The topological polar surface area (TPSA) is 73.4 Å². The summed E-state index contributed by atoms with van der Waals surface area (Å²) >= 11 is 0. The molecule has 1 unspecified atom stereocenters. The van der Waals surface area contributed by atoms with Crippen LogP contribution in [0.3, 0.4) is 0 Å². The van der Waals surface area contributed by atoms with E-state index in [1.54, 1.807) is 0 Å². The van der Waals surface area contributed by atoms with Gasteiger partial charge in [-0.2, -0.15) is 0 Å². The van der Waals surface area contributed by atoms with E-state index in [1.165, 1.54) is 0 Å². The summed E-state index contributed by atoms with van der Waals surface area (Å²) in [5, 5.41) is 9.34. The highest BCUT2D eigenvalue weighted by Gasteiger charge is 2.40. The lowest BCUT2D eigenvalue weighted by molar-refractivity contribution is -0.151. The van der Waals surface area contributed by atoms with E-state index in [0.717, 1.165) is 25.1 Å². The van der Waals surface area contributed by atoms with E-state index < -0.39 is 17.8 Å². The maximum atomic E-state index is 12.8. The van der Waals surface area contributed by atoms with E-state index in [1.807, 2.05) is 35.4 Å². The van der Waals surface area contributed by atoms with Crippen LogP contribution in [0.1, 0.15) is 37.4 Å². The molecule has 5 nitrogen and oxygen atoms in total. The summed E-state index contributed by atoms with van der Waals surface area (Å²) in [5.74, 6) is -1.90. The van der Waals surface area contributed by atoms with Crippen LogP contribution >= 0.6 is 0 Å². The first kappa shape index (κ1) is 13.9. The number of aliphatic carboxylic acids is 1. The van der Waals surface area contributed by atoms with Gasteiger partial charge in [-0.1, -0.05) is 12.2 Å². The molecule has 2 aliphatic rings. The van der Waals surface area contributed by atoms with Gasteiger partial charge in [-0.3, -0.25) is 9.59 Å². The van der Waals surface area contributed by atoms with Gasteiger partial charge in [-0.15, -0.1) is 0 Å². The molecule has 2 N–H and O–H groups in total. The molecule has 1 aliphatic carbocycles. The SMILES string of the molecule is O=C(O)[C@H]1CC=CC[C@H]1C(=O)N1CCCC1c1ccc[nH]1. The van der Waals surface area contributed by atoms with Crippen LogP contribution in [0.15, 0.2) is 30.5 Å². The van der Waals surface area contributed by atoms with E-state index in [9.17, 15) is 14.7 Å². The van der Waals surface area contributed by atoms with Crippen LogP contribution in [-0.4, -0.2) is 33.4 Å². The molecule has 21 heavy (non-hydrogen) atoms. The zero-order chi connectivity index (χ0) is 14.8. The Morgan fingerprint density at radius 3 is 2.67 bits per heavy atom. The third kappa shape index (κ3) is 2.60. The summed E-state index contributed by atoms with van der Waals surface area (Å²) in [5.41, 5.74) is 1.04. The van der Waals surface area contributed by atoms with Crippen molar-refractivity contribution in [3.8, 4) is 0 Å². The molecule has 1 fully saturated rings. The molecule has 0 radical (unpaired) electrons. The van der Waals surface area contributed by atoms with Crippen LogP contribution < -0.4 is 0 Å². The van der Waals surface area contributed by atoms with Crippen molar-refractivity contribution in [2.75, 3.05) is 6.54 Å². The molecule has 1 aliphatic heterocycles. The van der Waals surface area contributed by atoms with Gasteiger partial charge in [-0.25, -0.2) is 0 Å². The van der Waals surface area contributed by atoms with Gasteiger partial charge >= 0.3 is 5.97 Å². The number of allylic oxidation sites excluding steroid dienone is 2. The van der Waals surface area contributed by atoms with Crippen LogP contribution in [0, 0.1) is 11.8 Å². The lowest BCUT2D eigenvalue weighted by Gasteiger charge is -2.31. The number of nitrogens with zero attached hydrogens (tertiary/aromatic N) is 1. The van der Waals surface area contributed by atoms with Gasteiger partial charge in [0.1, 0.15) is 0 Å². The Morgan fingerprint density at radius 2 is 2.00 bits per heavy atom. The van der Waals surface area contributed by atoms with Gasteiger partial charge in [-0.05, 0) is 37.8 Å². The Morgan fingerprint density at radius 1 is 1.24 bits per heavy atom. The summed E-state index contributed by atoms with van der Waals surface area (Å²) in [7, 11) is 0. The van der Waals surface area contributed by atoms with Gasteiger partial charge in [0.25, 0.3) is 0 Å². The third-order valence-corrected chi connectivity index (χ3v) is 4.58. The minimum Gasteiger partial charge on any atom is -0.481 e. The number of carboxylic acid groups (broad SMARTS) is 1. The molecule has 112 valence electrons. The van der Waals surface area contributed by atoms with Gasteiger partial charge in [0.15, 0.2) is 0 Å². The maximum Gasteiger partial charge on any atom is 0.307 e. The Kier molecular flexibility index (Phi) is 3.82. The second kappa shape index (κ2) is 5.76. The first-order valence-corrected chi connectivity index (χ1v) is 7.50. The van der Waals surface area contributed by atoms with Crippen molar-refractivity contribution in [2.24, 2.45) is 11.8 Å². The first-order valence-electron chi connectivity index (χ1n) is 7.50. The Balaban J connectivity index is 1.80. The second-order valence-corrected chi connectivity index (χ2v) is 5.81. The minimum absolute atomic E-state index is 0.0103. The zero-order valence-electron chi connectivity index (χ0n) is 11.9. The number of nitrogens with one attached hydrogen (secondary N) is 1. The summed E-state index contributed by atoms with van der Waals surface area (Å²) in [4.78, 5) is 29.3. The maximum absolute atomic E-state index is 12.8. The number of H-pyrrole nitrogens is 1. The average molecular weight is 288 g/mol. The van der Waals surface area contributed by atoms with Gasteiger partial charge in [0.2, 0.25) is 5.91 Å². The molecule has 0 saturated carbocycles. The van der Waals surface area contributed by atoms with E-state index in [4.69, 9.17) is 0 Å². The predicted octanol–water partition coefficient (Wildman–Crippen LogP) is 2.35. The Bertz CT molecular complexity index is 550. The molecule has 5 heteroatoms. The number of hydrogen-bond donors (Lipinski definition) is 2. The third-order valence-electron chi connectivity index (χ3n) is 4.58. The summed E-state index contributed by atoms with van der Waals surface area (Å²) in [6, 6.07) is 3.98. The van der Waals surface area contributed by atoms with E-state index in [2.05, 4.69) is 4.98 Å². The van der Waals surface area contributed by atoms with Gasteiger partial charge in [0, 0.05) is 18.4 Å². The first-order chi connectivity index (χ1) is 10.2. The number of hydrogen-bond acceptors (Lipinski definition) is 2. The highest BCUT2D eigenvalue weighted by atomic mass is 16.4. The highest BCUT2D eigenvalue weighted by molar-refractivity contribution is 5.85. The molecule has 1 aromatic rings. The molecule has 0 bridgehead atoms. The predicted molar refractivity (Wildman–Crippen MR) is 77.5 cm³/mol. The largest absolute Gasteiger partial charge is 0.481 e. The number of aromatic amines is 1. The number of amides is 1. The van der Waals surface area contributed by atoms with E-state index in [-0.39, 0.29) is 11.9 Å². The number of carbonyl (C=O) groups excluding carboxylic acids is 1. The molecule has 2 heterocycles. The molecule has 1 saturated heterocycles. The fraction of sp³-hybridized carbons (Fsp3) is 0.500. The smallest absolute Gasteiger partial charge is 0.307 e. The van der Waals surface area contributed by atoms with Crippen LogP contribution in [-0.2, 0) is 9.59 Å². The van der Waals surface area contributed by atoms with Gasteiger partial charge < -0.3 is 15.0 Å². The Hall–Kier alpha value is -2.04. The van der Waals surface area contributed by atoms with Crippen molar-refractivity contribution in [3.63, 3.8) is 0 Å². The summed E-state index contributed by atoms with van der Waals surface area (Å²) < 4.78 is 0. The van der Waals surface area contributed by atoms with Crippen molar-refractivity contribution in [2.45, 2.75) is 31.7 Å². The number of likely N-dealkylation sites (tertiary alicyclic amines) is 1. The number of rotatable bonds is 3. The molecule has 3 atom stereocenters. The minimum atomic E-state index is -0.867. The number of carboxylic acids is 1. The van der Waals surface area contributed by atoms with Crippen molar-refractivity contribution in [3.05, 3.63) is 36.2 Å². The summed E-state index contributed by atoms with van der Waals surface area (Å²) in [6.07, 6.45) is 8.55. The molecule has 1 amide bonds. The fourth-order valence-corrected chi connectivity index (χ4v) is 3.48. The monoisotopic (exact) mass is 288 g/mol. The highest BCUT2D eigenvalue weighted by Crippen LogP contribution is 2.35. The van der Waals surface area contributed by atoms with Crippen LogP contribution in [0.5, 0.6) is 0 Å². The second-order valence-electron chi connectivity index (χ2n) is 5.81. The molecule has 1 aromatic heterocycles. The number of carbonyl (C=O) groups is 2. The van der Waals surface area contributed by atoms with Crippen molar-refractivity contribution >= 4 is 11.9 Å². The lowest BCUT2D eigenvalue weighted by atomic mass is 9.82. The van der Waals surface area contributed by atoms with Crippen molar-refractivity contribution in [1.82, 2.24) is 9.88 Å². The fourth-order valence-electron chi connectivity index (χ4n) is 3.48. The van der Waals surface area contributed by atoms with Crippen molar-refractivity contribution in [1.29, 1.82) is 0 Å². The summed E-state index contributed by atoms with van der Waals surface area (Å²) in [6.45, 7) is 0.717. The van der Waals surface area contributed by atoms with Crippen LogP contribution in [0.4, 0.5) is 0 Å². The normalized spacial score (nSPS) is 28.8. The molecular weight excluding hydrogens is 268 g/mol. The van der Waals surface area contributed by atoms with Crippen LogP contribution in [0.2, 0.25) is 0 Å². The van der Waals surface area contributed by atoms with E-state index in [0.29, 0.717) is 12.8 Å². The quantitative estimate of drug-likeness (QED) is 0.838. The molecular formula is C16H20N2O3. The molecule has 0 spiro atoms. The Labute approximate surface area is 123 Å². The van der Waals surface area contributed by atoms with E-state index >= 15 is 0 Å². The average Bonchev–Trinajstić information content (AvgIpc) is 3.16. The van der Waals surface area contributed by atoms with Gasteiger partial charge in [0.05, 0.1) is 17.9 Å². The lowest BCUT2D eigenvalue weighted by Crippen LogP contribution is -2.41. The molecule has 3 rings (SSSR count). The molecule has 0 aromatic carbocycles. The number of aromatic nitrogens is 1. The standard InChI is InChI=1S/C16H20N2O3/c19-15(11-5-1-2-6-12(11)16(20)21)18-10-4-8-14(18)13-7-3-9-17-13/h1-3,7,9,11-12,14,17H,4-6,8,10H2,(H,20,21)/t11-,12+,14?/m1/s1. The zero-order valence-corrected chi connectivity index (χ0v) is 11.9.